The predicted molar refractivity (Wildman–Crippen MR) is 64.6 cm³/mol. The number of rotatable bonds is 6. The number of nitrogens with zero attached hydrogens (tertiary/aromatic N) is 1. The number of furan rings is 1. The molecule has 0 aliphatic rings. The maximum Gasteiger partial charge on any atom is 0.193 e. The van der Waals surface area contributed by atoms with Gasteiger partial charge in [-0.2, -0.15) is 0 Å². The Balaban J connectivity index is 2.29. The summed E-state index contributed by atoms with van der Waals surface area (Å²) in [5.41, 5.74) is -0.750. The first kappa shape index (κ1) is 13.5. The van der Waals surface area contributed by atoms with Crippen molar-refractivity contribution in [2.24, 2.45) is 0 Å². The quantitative estimate of drug-likeness (QED) is 0.795. The number of halogens is 1. The molecule has 0 saturated heterocycles. The minimum Gasteiger partial charge on any atom is -0.448 e. The summed E-state index contributed by atoms with van der Waals surface area (Å²) in [5, 5.41) is 13.5. The van der Waals surface area contributed by atoms with Crippen LogP contribution in [0.3, 0.4) is 0 Å². The lowest BCUT2D eigenvalue weighted by molar-refractivity contribution is 0.0332. The molecule has 0 aromatic carbocycles. The Kier molecular flexibility index (Phi) is 4.80. The summed E-state index contributed by atoms with van der Waals surface area (Å²) in [6, 6.07) is 3.52. The second kappa shape index (κ2) is 5.68. The summed E-state index contributed by atoms with van der Waals surface area (Å²) in [6.07, 6.45) is 0. The highest BCUT2D eigenvalue weighted by molar-refractivity contribution is 6.28. The maximum absolute atomic E-state index is 10.0. The molecular weight excluding hydrogens is 228 g/mol. The van der Waals surface area contributed by atoms with Gasteiger partial charge in [0.2, 0.25) is 0 Å². The van der Waals surface area contributed by atoms with E-state index in [1.807, 2.05) is 25.1 Å². The van der Waals surface area contributed by atoms with E-state index in [9.17, 15) is 5.11 Å². The van der Waals surface area contributed by atoms with Crippen LogP contribution in [0.4, 0.5) is 0 Å². The van der Waals surface area contributed by atoms with Crippen LogP contribution in [0.15, 0.2) is 16.5 Å². The van der Waals surface area contributed by atoms with Crippen LogP contribution >= 0.6 is 11.6 Å². The first-order chi connectivity index (χ1) is 7.39. The molecule has 1 rings (SSSR count). The van der Waals surface area contributed by atoms with Crippen LogP contribution in [0.5, 0.6) is 0 Å². The van der Waals surface area contributed by atoms with Gasteiger partial charge in [0, 0.05) is 13.1 Å². The lowest BCUT2D eigenvalue weighted by Gasteiger charge is -2.27. The molecule has 1 unspecified atom stereocenters. The fourth-order valence-electron chi connectivity index (χ4n) is 1.64. The monoisotopic (exact) mass is 246 g/mol. The largest absolute Gasteiger partial charge is 0.448 e. The molecule has 1 aromatic heterocycles. The third-order valence-electron chi connectivity index (χ3n) is 2.09. The molecule has 0 aliphatic heterocycles. The molecule has 1 heterocycles. The van der Waals surface area contributed by atoms with Crippen LogP contribution in [0, 0.1) is 0 Å². The van der Waals surface area contributed by atoms with Gasteiger partial charge in [-0.05, 0) is 44.8 Å². The molecule has 0 saturated carbocycles. The van der Waals surface area contributed by atoms with Gasteiger partial charge in [0.1, 0.15) is 5.76 Å². The molecule has 1 atom stereocenters. The van der Waals surface area contributed by atoms with E-state index in [4.69, 9.17) is 16.0 Å². The van der Waals surface area contributed by atoms with Crippen molar-refractivity contribution in [2.45, 2.75) is 19.1 Å². The van der Waals surface area contributed by atoms with Crippen molar-refractivity contribution in [1.29, 1.82) is 0 Å². The van der Waals surface area contributed by atoms with E-state index in [0.29, 0.717) is 24.9 Å². The smallest absolute Gasteiger partial charge is 0.193 e. The first-order valence-electron chi connectivity index (χ1n) is 5.21. The average Bonchev–Trinajstić information content (AvgIpc) is 2.48. The number of hydrogen-bond donors (Lipinski definition) is 2. The molecule has 0 amide bonds. The van der Waals surface area contributed by atoms with E-state index in [0.717, 1.165) is 5.76 Å². The molecule has 0 aliphatic carbocycles. The Hall–Kier alpha value is -0.550. The lowest BCUT2D eigenvalue weighted by Crippen LogP contribution is -2.45. The third kappa shape index (κ3) is 4.99. The van der Waals surface area contributed by atoms with Crippen LogP contribution in [0.1, 0.15) is 12.7 Å². The summed E-state index contributed by atoms with van der Waals surface area (Å²) in [5.74, 6) is 0.769. The minimum absolute atomic E-state index is 0.386. The zero-order chi connectivity index (χ0) is 12.2. The zero-order valence-corrected chi connectivity index (χ0v) is 10.7. The van der Waals surface area contributed by atoms with E-state index >= 15 is 0 Å². The molecule has 2 N–H and O–H groups in total. The topological polar surface area (TPSA) is 48.6 Å². The van der Waals surface area contributed by atoms with Gasteiger partial charge >= 0.3 is 0 Å². The van der Waals surface area contributed by atoms with Gasteiger partial charge in [0.15, 0.2) is 5.22 Å². The highest BCUT2D eigenvalue weighted by atomic mass is 35.5. The predicted octanol–water partition coefficient (Wildman–Crippen LogP) is 1.34. The fraction of sp³-hybridized carbons (Fsp3) is 0.636. The maximum atomic E-state index is 10.0. The van der Waals surface area contributed by atoms with Gasteiger partial charge in [-0.3, -0.25) is 0 Å². The standard InChI is InChI=1S/C11H19ClN2O2/c1-11(15,8-14(2)3)7-13-6-9-4-5-10(12)16-9/h4-5,13,15H,6-8H2,1-3H3. The summed E-state index contributed by atoms with van der Waals surface area (Å²) in [4.78, 5) is 1.95. The van der Waals surface area contributed by atoms with Crippen LogP contribution in [-0.2, 0) is 6.54 Å². The highest BCUT2D eigenvalue weighted by Gasteiger charge is 2.20. The van der Waals surface area contributed by atoms with Gasteiger partial charge < -0.3 is 19.7 Å². The van der Waals surface area contributed by atoms with Crippen molar-refractivity contribution in [3.8, 4) is 0 Å². The Bertz CT molecular complexity index is 324. The Morgan fingerprint density at radius 3 is 2.69 bits per heavy atom. The Morgan fingerprint density at radius 1 is 1.50 bits per heavy atom. The SMILES string of the molecule is CN(C)CC(C)(O)CNCc1ccc(Cl)o1. The van der Waals surface area contributed by atoms with E-state index in [1.54, 1.807) is 13.0 Å². The number of likely N-dealkylation sites (N-methyl/N-ethyl adjacent to an activating group) is 1. The Morgan fingerprint density at radius 2 is 2.19 bits per heavy atom. The summed E-state index contributed by atoms with van der Waals surface area (Å²) in [7, 11) is 3.86. The molecular formula is C11H19ClN2O2. The van der Waals surface area contributed by atoms with Gasteiger partial charge in [0.25, 0.3) is 0 Å². The van der Waals surface area contributed by atoms with Crippen molar-refractivity contribution in [1.82, 2.24) is 10.2 Å². The van der Waals surface area contributed by atoms with E-state index < -0.39 is 5.60 Å². The normalized spacial score (nSPS) is 15.4. The zero-order valence-electron chi connectivity index (χ0n) is 9.96. The van der Waals surface area contributed by atoms with Gasteiger partial charge in [0.05, 0.1) is 12.1 Å². The summed E-state index contributed by atoms with van der Waals surface area (Å²) in [6.45, 7) is 3.48. The molecule has 0 fully saturated rings. The van der Waals surface area contributed by atoms with E-state index in [2.05, 4.69) is 5.32 Å². The first-order valence-corrected chi connectivity index (χ1v) is 5.59. The van der Waals surface area contributed by atoms with Gasteiger partial charge in [-0.1, -0.05) is 0 Å². The average molecular weight is 247 g/mol. The number of hydrogen-bond acceptors (Lipinski definition) is 4. The third-order valence-corrected chi connectivity index (χ3v) is 2.29. The molecule has 1 aromatic rings. The van der Waals surface area contributed by atoms with Crippen LogP contribution in [0.25, 0.3) is 0 Å². The van der Waals surface area contributed by atoms with E-state index in [-0.39, 0.29) is 0 Å². The van der Waals surface area contributed by atoms with Crippen LogP contribution in [0.2, 0.25) is 5.22 Å². The van der Waals surface area contributed by atoms with Crippen molar-refractivity contribution >= 4 is 11.6 Å². The van der Waals surface area contributed by atoms with Crippen molar-refractivity contribution in [2.75, 3.05) is 27.2 Å². The molecule has 0 radical (unpaired) electrons. The van der Waals surface area contributed by atoms with Crippen LogP contribution < -0.4 is 5.32 Å². The molecule has 0 bridgehead atoms. The van der Waals surface area contributed by atoms with Gasteiger partial charge in [-0.15, -0.1) is 0 Å². The molecule has 92 valence electrons. The summed E-state index contributed by atoms with van der Waals surface area (Å²) >= 11 is 5.65. The van der Waals surface area contributed by atoms with Crippen molar-refractivity contribution in [3.63, 3.8) is 0 Å². The molecule has 0 spiro atoms. The van der Waals surface area contributed by atoms with Crippen molar-refractivity contribution < 1.29 is 9.52 Å². The fourth-order valence-corrected chi connectivity index (χ4v) is 1.80. The molecule has 16 heavy (non-hydrogen) atoms. The molecule has 5 heteroatoms. The minimum atomic E-state index is -0.750. The second-order valence-corrected chi connectivity index (χ2v) is 4.92. The number of nitrogens with one attached hydrogen (secondary N) is 1. The Labute approximate surface area is 101 Å². The number of aliphatic hydroxyl groups is 1. The van der Waals surface area contributed by atoms with Gasteiger partial charge in [-0.25, -0.2) is 0 Å². The van der Waals surface area contributed by atoms with Crippen LogP contribution in [-0.4, -0.2) is 42.8 Å². The molecule has 4 nitrogen and oxygen atoms in total. The highest BCUT2D eigenvalue weighted by Crippen LogP contribution is 2.12. The second-order valence-electron chi connectivity index (χ2n) is 4.54. The van der Waals surface area contributed by atoms with Crippen molar-refractivity contribution in [3.05, 3.63) is 23.1 Å². The summed E-state index contributed by atoms with van der Waals surface area (Å²) < 4.78 is 5.19. The van der Waals surface area contributed by atoms with E-state index in [1.165, 1.54) is 0 Å². The lowest BCUT2D eigenvalue weighted by atomic mass is 10.1.